The van der Waals surface area contributed by atoms with Gasteiger partial charge in [0.25, 0.3) is 0 Å². The first kappa shape index (κ1) is 19.9. The number of hydrogen-bond donors (Lipinski definition) is 2. The lowest BCUT2D eigenvalue weighted by atomic mass is 9.85. The van der Waals surface area contributed by atoms with Crippen LogP contribution in [0.4, 0.5) is 17.6 Å². The second-order valence-corrected chi connectivity index (χ2v) is 4.53. The number of benzene rings is 1. The van der Waals surface area contributed by atoms with Gasteiger partial charge in [-0.1, -0.05) is 19.9 Å². The molecule has 122 valence electrons. The minimum absolute atomic E-state index is 0. The SMILES string of the molecule is CCC(O)(CC)C(N)c1ccc(OC(F)(F)F)c(F)c1.Cl. The normalized spacial score (nSPS) is 13.5. The highest BCUT2D eigenvalue weighted by Gasteiger charge is 2.34. The Bertz CT molecular complexity index is 464. The van der Waals surface area contributed by atoms with E-state index in [1.54, 1.807) is 13.8 Å². The monoisotopic (exact) mass is 331 g/mol. The molecule has 21 heavy (non-hydrogen) atoms. The summed E-state index contributed by atoms with van der Waals surface area (Å²) < 4.78 is 53.2. The number of aliphatic hydroxyl groups is 1. The topological polar surface area (TPSA) is 55.5 Å². The van der Waals surface area contributed by atoms with Gasteiger partial charge in [0.2, 0.25) is 0 Å². The molecular formula is C13H18ClF4NO2. The van der Waals surface area contributed by atoms with Crippen molar-refractivity contribution in [2.24, 2.45) is 5.73 Å². The fraction of sp³-hybridized carbons (Fsp3) is 0.538. The Kier molecular flexibility index (Phi) is 6.92. The van der Waals surface area contributed by atoms with E-state index in [1.165, 1.54) is 6.07 Å². The van der Waals surface area contributed by atoms with Crippen molar-refractivity contribution >= 4 is 12.4 Å². The first-order valence-electron chi connectivity index (χ1n) is 6.16. The lowest BCUT2D eigenvalue weighted by molar-refractivity contribution is -0.275. The lowest BCUT2D eigenvalue weighted by Crippen LogP contribution is -2.40. The van der Waals surface area contributed by atoms with Crippen LogP contribution < -0.4 is 10.5 Å². The third kappa shape index (κ3) is 5.01. The van der Waals surface area contributed by atoms with Crippen LogP contribution in [0.2, 0.25) is 0 Å². The number of rotatable bonds is 5. The van der Waals surface area contributed by atoms with E-state index >= 15 is 0 Å². The van der Waals surface area contributed by atoms with Gasteiger partial charge in [0.1, 0.15) is 0 Å². The summed E-state index contributed by atoms with van der Waals surface area (Å²) in [6.45, 7) is 3.45. The molecule has 0 aliphatic heterocycles. The van der Waals surface area contributed by atoms with Crippen LogP contribution in [0, 0.1) is 5.82 Å². The van der Waals surface area contributed by atoms with Crippen LogP contribution in [-0.2, 0) is 0 Å². The third-order valence-electron chi connectivity index (χ3n) is 3.34. The van der Waals surface area contributed by atoms with Crippen LogP contribution in [0.15, 0.2) is 18.2 Å². The van der Waals surface area contributed by atoms with Gasteiger partial charge in [0.05, 0.1) is 11.6 Å². The Balaban J connectivity index is 0.00000400. The van der Waals surface area contributed by atoms with Crippen molar-refractivity contribution in [1.29, 1.82) is 0 Å². The molecule has 0 fully saturated rings. The van der Waals surface area contributed by atoms with E-state index in [4.69, 9.17) is 5.73 Å². The van der Waals surface area contributed by atoms with Crippen LogP contribution in [0.3, 0.4) is 0 Å². The fourth-order valence-corrected chi connectivity index (χ4v) is 1.92. The summed E-state index contributed by atoms with van der Waals surface area (Å²) in [5.74, 6) is -2.10. The van der Waals surface area contributed by atoms with Gasteiger partial charge in [0, 0.05) is 0 Å². The molecule has 1 unspecified atom stereocenters. The molecule has 3 nitrogen and oxygen atoms in total. The highest BCUT2D eigenvalue weighted by atomic mass is 35.5. The molecule has 0 spiro atoms. The van der Waals surface area contributed by atoms with E-state index in [1.807, 2.05) is 0 Å². The number of ether oxygens (including phenoxy) is 1. The smallest absolute Gasteiger partial charge is 0.403 e. The van der Waals surface area contributed by atoms with Crippen LogP contribution >= 0.6 is 12.4 Å². The molecule has 8 heteroatoms. The zero-order valence-electron chi connectivity index (χ0n) is 11.6. The van der Waals surface area contributed by atoms with Gasteiger partial charge >= 0.3 is 6.36 Å². The number of nitrogens with two attached hydrogens (primary N) is 1. The average Bonchev–Trinajstić information content (AvgIpc) is 2.38. The van der Waals surface area contributed by atoms with Gasteiger partial charge in [-0.2, -0.15) is 0 Å². The lowest BCUT2D eigenvalue weighted by Gasteiger charge is -2.32. The zero-order chi connectivity index (χ0) is 15.6. The molecule has 3 N–H and O–H groups in total. The van der Waals surface area contributed by atoms with Crippen molar-refractivity contribution in [3.8, 4) is 5.75 Å². The minimum atomic E-state index is -4.96. The summed E-state index contributed by atoms with van der Waals surface area (Å²) in [7, 11) is 0. The molecule has 0 heterocycles. The van der Waals surface area contributed by atoms with Gasteiger partial charge < -0.3 is 15.6 Å². The minimum Gasteiger partial charge on any atom is -0.403 e. The van der Waals surface area contributed by atoms with E-state index in [2.05, 4.69) is 4.74 Å². The van der Waals surface area contributed by atoms with Crippen LogP contribution in [-0.4, -0.2) is 17.1 Å². The molecule has 1 rings (SSSR count). The maximum atomic E-state index is 13.6. The molecule has 0 saturated carbocycles. The van der Waals surface area contributed by atoms with E-state index in [9.17, 15) is 22.7 Å². The number of halogens is 5. The van der Waals surface area contributed by atoms with Gasteiger partial charge in [0.15, 0.2) is 11.6 Å². The van der Waals surface area contributed by atoms with Crippen molar-refractivity contribution < 1.29 is 27.4 Å². The van der Waals surface area contributed by atoms with Crippen molar-refractivity contribution in [3.05, 3.63) is 29.6 Å². The number of hydrogen-bond acceptors (Lipinski definition) is 3. The highest BCUT2D eigenvalue weighted by Crippen LogP contribution is 2.33. The molecule has 1 aromatic carbocycles. The summed E-state index contributed by atoms with van der Waals surface area (Å²) in [6.07, 6.45) is -4.28. The summed E-state index contributed by atoms with van der Waals surface area (Å²) in [5, 5.41) is 10.2. The van der Waals surface area contributed by atoms with Crippen molar-refractivity contribution in [2.75, 3.05) is 0 Å². The molecule has 0 amide bonds. The van der Waals surface area contributed by atoms with E-state index in [-0.39, 0.29) is 18.0 Å². The van der Waals surface area contributed by atoms with Crippen molar-refractivity contribution in [3.63, 3.8) is 0 Å². The Hall–Kier alpha value is -1.05. The summed E-state index contributed by atoms with van der Waals surface area (Å²) in [4.78, 5) is 0. The molecule has 0 radical (unpaired) electrons. The summed E-state index contributed by atoms with van der Waals surface area (Å²) in [6, 6.07) is 2.02. The predicted octanol–water partition coefficient (Wildman–Crippen LogP) is 3.70. The quantitative estimate of drug-likeness (QED) is 0.809. The summed E-state index contributed by atoms with van der Waals surface area (Å²) in [5.41, 5.74) is 4.84. The van der Waals surface area contributed by atoms with Crippen LogP contribution in [0.25, 0.3) is 0 Å². The van der Waals surface area contributed by atoms with Crippen LogP contribution in [0.5, 0.6) is 5.75 Å². The molecule has 0 saturated heterocycles. The Morgan fingerprint density at radius 3 is 2.14 bits per heavy atom. The van der Waals surface area contributed by atoms with Crippen LogP contribution in [0.1, 0.15) is 38.3 Å². The van der Waals surface area contributed by atoms with E-state index < -0.39 is 29.6 Å². The first-order valence-corrected chi connectivity index (χ1v) is 6.16. The molecule has 1 aromatic rings. The van der Waals surface area contributed by atoms with Gasteiger partial charge in [-0.05, 0) is 30.5 Å². The molecular weight excluding hydrogens is 314 g/mol. The van der Waals surface area contributed by atoms with Crippen molar-refractivity contribution in [1.82, 2.24) is 0 Å². The molecule has 0 bridgehead atoms. The summed E-state index contributed by atoms with van der Waals surface area (Å²) >= 11 is 0. The fourth-order valence-electron chi connectivity index (χ4n) is 1.92. The Labute approximate surface area is 126 Å². The molecule has 1 atom stereocenters. The zero-order valence-corrected chi connectivity index (χ0v) is 12.4. The second kappa shape index (κ2) is 7.29. The standard InChI is InChI=1S/C13H17F4NO2.ClH/c1-3-12(19,4-2)11(18)8-5-6-10(9(14)7-8)20-13(15,16)17;/h5-7,11,19H,3-4,18H2,1-2H3;1H. The highest BCUT2D eigenvalue weighted by molar-refractivity contribution is 5.85. The maximum Gasteiger partial charge on any atom is 0.573 e. The van der Waals surface area contributed by atoms with Gasteiger partial charge in [-0.25, -0.2) is 4.39 Å². The largest absolute Gasteiger partial charge is 0.573 e. The van der Waals surface area contributed by atoms with Gasteiger partial charge in [-0.3, -0.25) is 0 Å². The van der Waals surface area contributed by atoms with Gasteiger partial charge in [-0.15, -0.1) is 25.6 Å². The first-order chi connectivity index (χ1) is 9.13. The predicted molar refractivity (Wildman–Crippen MR) is 72.8 cm³/mol. The third-order valence-corrected chi connectivity index (χ3v) is 3.34. The molecule has 0 aliphatic carbocycles. The molecule has 0 aliphatic rings. The second-order valence-electron chi connectivity index (χ2n) is 4.53. The Morgan fingerprint density at radius 1 is 1.24 bits per heavy atom. The average molecular weight is 332 g/mol. The Morgan fingerprint density at radius 2 is 1.76 bits per heavy atom. The van der Waals surface area contributed by atoms with E-state index in [0.717, 1.165) is 12.1 Å². The van der Waals surface area contributed by atoms with Crippen molar-refractivity contribution in [2.45, 2.75) is 44.7 Å². The van der Waals surface area contributed by atoms with E-state index in [0.29, 0.717) is 12.8 Å². The maximum absolute atomic E-state index is 13.6. The molecule has 0 aromatic heterocycles. The number of alkyl halides is 3.